The highest BCUT2D eigenvalue weighted by Crippen LogP contribution is 2.23. The molecule has 0 spiro atoms. The summed E-state index contributed by atoms with van der Waals surface area (Å²) in [6.45, 7) is 8.83. The lowest BCUT2D eigenvalue weighted by atomic mass is 9.92. The van der Waals surface area contributed by atoms with E-state index in [0.717, 1.165) is 25.3 Å². The Kier molecular flexibility index (Phi) is 6.27. The van der Waals surface area contributed by atoms with Crippen LogP contribution in [0.3, 0.4) is 0 Å². The highest BCUT2D eigenvalue weighted by atomic mass is 16.5. The average Bonchev–Trinajstić information content (AvgIpc) is 2.40. The van der Waals surface area contributed by atoms with Gasteiger partial charge in [0.1, 0.15) is 5.54 Å². The Hall–Kier alpha value is -0.610. The van der Waals surface area contributed by atoms with Gasteiger partial charge in [0.2, 0.25) is 0 Å². The maximum absolute atomic E-state index is 11.8. The summed E-state index contributed by atoms with van der Waals surface area (Å²) in [5.41, 5.74) is -0.554. The van der Waals surface area contributed by atoms with E-state index in [0.29, 0.717) is 6.04 Å². The van der Waals surface area contributed by atoms with Crippen LogP contribution < -0.4 is 5.32 Å². The summed E-state index contributed by atoms with van der Waals surface area (Å²) in [7, 11) is 3.27. The first-order chi connectivity index (χ1) is 8.92. The largest absolute Gasteiger partial charge is 0.468 e. The van der Waals surface area contributed by atoms with Crippen LogP contribution in [0.15, 0.2) is 0 Å². The van der Waals surface area contributed by atoms with Crippen LogP contribution in [0.1, 0.15) is 46.5 Å². The molecule has 0 amide bonds. The second kappa shape index (κ2) is 7.25. The fourth-order valence-electron chi connectivity index (χ4n) is 2.98. The van der Waals surface area contributed by atoms with Crippen molar-refractivity contribution < 1.29 is 9.53 Å². The van der Waals surface area contributed by atoms with Crippen LogP contribution in [0.5, 0.6) is 0 Å². The molecule has 0 aromatic carbocycles. The van der Waals surface area contributed by atoms with E-state index < -0.39 is 5.54 Å². The first-order valence-electron chi connectivity index (χ1n) is 7.44. The summed E-state index contributed by atoms with van der Waals surface area (Å²) >= 11 is 0. The summed E-state index contributed by atoms with van der Waals surface area (Å²) < 4.78 is 4.87. The second-order valence-corrected chi connectivity index (χ2v) is 6.19. The van der Waals surface area contributed by atoms with Crippen molar-refractivity contribution in [3.8, 4) is 0 Å². The van der Waals surface area contributed by atoms with Gasteiger partial charge in [0.25, 0.3) is 0 Å². The molecule has 3 unspecified atom stereocenters. The van der Waals surface area contributed by atoms with E-state index in [9.17, 15) is 4.79 Å². The van der Waals surface area contributed by atoms with Crippen LogP contribution in [-0.4, -0.2) is 49.7 Å². The third-order valence-electron chi connectivity index (χ3n) is 4.59. The normalized spacial score (nSPS) is 27.8. The molecule has 0 bridgehead atoms. The Bertz CT molecular complexity index is 296. The van der Waals surface area contributed by atoms with Crippen LogP contribution in [0.2, 0.25) is 0 Å². The molecule has 0 aromatic heterocycles. The van der Waals surface area contributed by atoms with E-state index in [4.69, 9.17) is 4.74 Å². The number of piperidine rings is 1. The van der Waals surface area contributed by atoms with Crippen molar-refractivity contribution in [3.05, 3.63) is 0 Å². The molecule has 0 radical (unpaired) electrons. The first-order valence-corrected chi connectivity index (χ1v) is 7.44. The van der Waals surface area contributed by atoms with Gasteiger partial charge in [-0.25, -0.2) is 0 Å². The molecule has 1 aliphatic rings. The van der Waals surface area contributed by atoms with Gasteiger partial charge in [-0.2, -0.15) is 0 Å². The number of methoxy groups -OCH3 is 1. The molecule has 1 rings (SSSR count). The molecular formula is C15H30N2O2. The molecule has 112 valence electrons. The standard InChI is InChI=1S/C15H30N2O2/c1-12-7-10-17(13(2)11-12)9-6-8-15(3,16-4)14(18)19-5/h12-13,16H,6-11H2,1-5H3. The number of nitrogens with zero attached hydrogens (tertiary/aromatic N) is 1. The fraction of sp³-hybridized carbons (Fsp3) is 0.933. The molecule has 0 aliphatic carbocycles. The van der Waals surface area contributed by atoms with Crippen LogP contribution in [0.4, 0.5) is 0 Å². The van der Waals surface area contributed by atoms with Crippen LogP contribution in [0, 0.1) is 5.92 Å². The van der Waals surface area contributed by atoms with Crippen molar-refractivity contribution in [3.63, 3.8) is 0 Å². The first kappa shape index (κ1) is 16.4. The van der Waals surface area contributed by atoms with E-state index in [-0.39, 0.29) is 5.97 Å². The zero-order valence-electron chi connectivity index (χ0n) is 13.2. The minimum Gasteiger partial charge on any atom is -0.468 e. The minimum atomic E-state index is -0.554. The van der Waals surface area contributed by atoms with Crippen molar-refractivity contribution in [2.75, 3.05) is 27.2 Å². The lowest BCUT2D eigenvalue weighted by molar-refractivity contribution is -0.148. The Morgan fingerprint density at radius 3 is 2.68 bits per heavy atom. The molecular weight excluding hydrogens is 240 g/mol. The molecule has 1 N–H and O–H groups in total. The lowest BCUT2D eigenvalue weighted by Gasteiger charge is -2.37. The topological polar surface area (TPSA) is 41.6 Å². The molecule has 4 nitrogen and oxygen atoms in total. The van der Waals surface area contributed by atoms with Crippen molar-refractivity contribution >= 4 is 5.97 Å². The fourth-order valence-corrected chi connectivity index (χ4v) is 2.98. The molecule has 0 saturated carbocycles. The van der Waals surface area contributed by atoms with Crippen molar-refractivity contribution in [2.24, 2.45) is 5.92 Å². The number of likely N-dealkylation sites (tertiary alicyclic amines) is 1. The van der Waals surface area contributed by atoms with Gasteiger partial charge in [-0.15, -0.1) is 0 Å². The van der Waals surface area contributed by atoms with Gasteiger partial charge >= 0.3 is 5.97 Å². The number of nitrogens with one attached hydrogen (secondary N) is 1. The Balaban J connectivity index is 2.38. The molecule has 1 heterocycles. The Morgan fingerprint density at radius 2 is 2.16 bits per heavy atom. The SMILES string of the molecule is CNC(C)(CCCN1CCC(C)CC1C)C(=O)OC. The number of hydrogen-bond donors (Lipinski definition) is 1. The minimum absolute atomic E-state index is 0.171. The molecule has 1 saturated heterocycles. The smallest absolute Gasteiger partial charge is 0.325 e. The summed E-state index contributed by atoms with van der Waals surface area (Å²) in [5, 5.41) is 3.09. The highest BCUT2D eigenvalue weighted by molar-refractivity contribution is 5.80. The number of ether oxygens (including phenoxy) is 1. The number of carbonyl (C=O) groups excluding carboxylic acids is 1. The van der Waals surface area contributed by atoms with Gasteiger partial charge < -0.3 is 15.0 Å². The number of carbonyl (C=O) groups is 1. The number of likely N-dealkylation sites (N-methyl/N-ethyl adjacent to an activating group) is 1. The van der Waals surface area contributed by atoms with Gasteiger partial charge in [0, 0.05) is 6.04 Å². The molecule has 19 heavy (non-hydrogen) atoms. The predicted molar refractivity (Wildman–Crippen MR) is 78.1 cm³/mol. The van der Waals surface area contributed by atoms with Crippen LogP contribution >= 0.6 is 0 Å². The van der Waals surface area contributed by atoms with E-state index in [1.807, 2.05) is 14.0 Å². The maximum atomic E-state index is 11.8. The third kappa shape index (κ3) is 4.46. The van der Waals surface area contributed by atoms with Gasteiger partial charge in [0.15, 0.2) is 0 Å². The van der Waals surface area contributed by atoms with E-state index in [1.54, 1.807) is 0 Å². The Labute approximate surface area is 117 Å². The monoisotopic (exact) mass is 270 g/mol. The van der Waals surface area contributed by atoms with Crippen molar-refractivity contribution in [1.29, 1.82) is 0 Å². The molecule has 1 fully saturated rings. The maximum Gasteiger partial charge on any atom is 0.325 e. The number of rotatable bonds is 6. The van der Waals surface area contributed by atoms with Crippen LogP contribution in [0.25, 0.3) is 0 Å². The van der Waals surface area contributed by atoms with Gasteiger partial charge in [-0.05, 0) is 65.6 Å². The summed E-state index contributed by atoms with van der Waals surface area (Å²) in [6.07, 6.45) is 4.42. The van der Waals surface area contributed by atoms with Crippen LogP contribution in [-0.2, 0) is 9.53 Å². The molecule has 3 atom stereocenters. The zero-order chi connectivity index (χ0) is 14.5. The highest BCUT2D eigenvalue weighted by Gasteiger charge is 2.32. The lowest BCUT2D eigenvalue weighted by Crippen LogP contribution is -2.49. The van der Waals surface area contributed by atoms with Crippen molar-refractivity contribution in [1.82, 2.24) is 10.2 Å². The summed E-state index contributed by atoms with van der Waals surface area (Å²) in [6, 6.07) is 0.669. The predicted octanol–water partition coefficient (Wildman–Crippen LogP) is 2.04. The molecule has 4 heteroatoms. The number of esters is 1. The summed E-state index contributed by atoms with van der Waals surface area (Å²) in [4.78, 5) is 14.3. The van der Waals surface area contributed by atoms with E-state index >= 15 is 0 Å². The average molecular weight is 270 g/mol. The quantitative estimate of drug-likeness (QED) is 0.750. The van der Waals surface area contributed by atoms with E-state index in [2.05, 4.69) is 24.1 Å². The zero-order valence-corrected chi connectivity index (χ0v) is 13.2. The van der Waals surface area contributed by atoms with Gasteiger partial charge in [-0.1, -0.05) is 6.92 Å². The summed E-state index contributed by atoms with van der Waals surface area (Å²) in [5.74, 6) is 0.680. The molecule has 0 aromatic rings. The Morgan fingerprint density at radius 1 is 1.47 bits per heavy atom. The van der Waals surface area contributed by atoms with Gasteiger partial charge in [-0.3, -0.25) is 4.79 Å². The number of hydrogen-bond acceptors (Lipinski definition) is 4. The van der Waals surface area contributed by atoms with E-state index in [1.165, 1.54) is 26.5 Å². The van der Waals surface area contributed by atoms with Crippen molar-refractivity contribution in [2.45, 2.75) is 58.0 Å². The second-order valence-electron chi connectivity index (χ2n) is 6.19. The third-order valence-corrected chi connectivity index (χ3v) is 4.59. The van der Waals surface area contributed by atoms with Gasteiger partial charge in [0.05, 0.1) is 7.11 Å². The molecule has 1 aliphatic heterocycles.